The first kappa shape index (κ1) is 13.1. The second-order valence-corrected chi connectivity index (χ2v) is 1.67. The maximum Gasteiger partial charge on any atom is 0.305 e. The van der Waals surface area contributed by atoms with Crippen LogP contribution in [0.5, 0.6) is 0 Å². The summed E-state index contributed by atoms with van der Waals surface area (Å²) in [5.74, 6) is -1.07. The molecule has 1 atom stereocenters. The Labute approximate surface area is 84.1 Å². The summed E-state index contributed by atoms with van der Waals surface area (Å²) in [4.78, 5) is 9.83. The van der Waals surface area contributed by atoms with Crippen molar-refractivity contribution in [1.82, 2.24) is 0 Å². The van der Waals surface area contributed by atoms with Crippen LogP contribution in [0.25, 0.3) is 0 Å². The van der Waals surface area contributed by atoms with Crippen molar-refractivity contribution in [2.75, 3.05) is 0 Å². The Morgan fingerprint density at radius 1 is 1.60 bits per heavy atom. The van der Waals surface area contributed by atoms with Gasteiger partial charge in [0.15, 0.2) is 0 Å². The van der Waals surface area contributed by atoms with E-state index in [9.17, 15) is 4.79 Å². The van der Waals surface area contributed by atoms with Crippen molar-refractivity contribution in [1.29, 1.82) is 0 Å². The zero-order valence-corrected chi connectivity index (χ0v) is 8.23. The Kier molecular flexibility index (Phi) is 9.96. The van der Waals surface area contributed by atoms with Gasteiger partial charge in [-0.2, -0.15) is 0 Å². The van der Waals surface area contributed by atoms with Crippen LogP contribution in [0.3, 0.4) is 0 Å². The molecule has 0 fully saturated rings. The van der Waals surface area contributed by atoms with E-state index in [1.165, 1.54) is 0 Å². The predicted octanol–water partition coefficient (Wildman–Crippen LogP) is -0.256. The summed E-state index contributed by atoms with van der Waals surface area (Å²) >= 11 is 0. The maximum atomic E-state index is 9.83. The average molecular weight is 222 g/mol. The second-order valence-electron chi connectivity index (χ2n) is 1.67. The molecule has 0 rings (SSSR count). The van der Waals surface area contributed by atoms with Crippen molar-refractivity contribution in [2.24, 2.45) is 0 Å². The molecular formula is C5H9O4Y-. The molecular weight excluding hydrogens is 213 g/mol. The number of aliphatic carboxylic acids is 1. The average Bonchev–Trinajstić information content (AvgIpc) is 1.63. The van der Waals surface area contributed by atoms with Gasteiger partial charge in [-0.15, -0.1) is 6.42 Å². The molecule has 0 saturated heterocycles. The number of carboxylic acid groups (broad SMARTS) is 1. The summed E-state index contributed by atoms with van der Waals surface area (Å²) in [6, 6.07) is 0. The molecule has 4 nitrogen and oxygen atoms in total. The molecule has 0 aromatic rings. The SMILES string of the molecule is O=C(O)CC(O)C[CH-]O.[Y]. The zero-order chi connectivity index (χ0) is 7.28. The minimum absolute atomic E-state index is 0. The van der Waals surface area contributed by atoms with Gasteiger partial charge in [-0.05, 0) is 0 Å². The molecule has 0 aromatic carbocycles. The molecule has 0 aromatic heterocycles. The van der Waals surface area contributed by atoms with E-state index in [1.54, 1.807) is 0 Å². The monoisotopic (exact) mass is 222 g/mol. The molecule has 0 heterocycles. The van der Waals surface area contributed by atoms with E-state index in [1.807, 2.05) is 0 Å². The summed E-state index contributed by atoms with van der Waals surface area (Å²) in [5, 5.41) is 24.8. The van der Waals surface area contributed by atoms with Gasteiger partial charge in [0.1, 0.15) is 0 Å². The maximum absolute atomic E-state index is 9.83. The third-order valence-corrected chi connectivity index (χ3v) is 0.788. The summed E-state index contributed by atoms with van der Waals surface area (Å²) in [6.45, 7) is 0.744. The minimum Gasteiger partial charge on any atom is -0.566 e. The van der Waals surface area contributed by atoms with Crippen molar-refractivity contribution >= 4 is 5.97 Å². The number of carboxylic acids is 1. The quantitative estimate of drug-likeness (QED) is 0.573. The van der Waals surface area contributed by atoms with E-state index in [0.717, 1.165) is 6.61 Å². The molecule has 1 unspecified atom stereocenters. The van der Waals surface area contributed by atoms with E-state index < -0.39 is 12.1 Å². The standard InChI is InChI=1S/C5H9O4.Y/c6-2-1-4(7)3-5(8)9;/h2,4,6-7H,1,3H2,(H,8,9);/q-1;. The van der Waals surface area contributed by atoms with Crippen LogP contribution in [-0.2, 0) is 37.5 Å². The van der Waals surface area contributed by atoms with Crippen LogP contribution in [-0.4, -0.2) is 27.4 Å². The molecule has 0 spiro atoms. The predicted molar refractivity (Wildman–Crippen MR) is 29.1 cm³/mol. The molecule has 0 bridgehead atoms. The number of hydrogen-bond donors (Lipinski definition) is 3. The zero-order valence-electron chi connectivity index (χ0n) is 5.40. The number of carbonyl (C=O) groups is 1. The number of aliphatic hydroxyl groups excluding tert-OH is 2. The first-order valence-electron chi connectivity index (χ1n) is 2.52. The molecule has 0 amide bonds. The van der Waals surface area contributed by atoms with E-state index in [4.69, 9.17) is 15.3 Å². The normalized spacial score (nSPS) is 11.8. The van der Waals surface area contributed by atoms with Crippen LogP contribution in [0.4, 0.5) is 0 Å². The van der Waals surface area contributed by atoms with Crippen molar-refractivity contribution in [3.63, 3.8) is 0 Å². The molecule has 0 aliphatic carbocycles. The van der Waals surface area contributed by atoms with Crippen LogP contribution in [0.1, 0.15) is 12.8 Å². The molecule has 0 saturated carbocycles. The van der Waals surface area contributed by atoms with Crippen LogP contribution in [0.15, 0.2) is 0 Å². The molecule has 10 heavy (non-hydrogen) atoms. The first-order chi connectivity index (χ1) is 4.16. The van der Waals surface area contributed by atoms with Gasteiger partial charge in [0.05, 0.1) is 6.42 Å². The summed E-state index contributed by atoms with van der Waals surface area (Å²) in [6.07, 6.45) is -1.28. The van der Waals surface area contributed by atoms with Crippen LogP contribution in [0.2, 0.25) is 0 Å². The Hall–Kier alpha value is 0.494. The van der Waals surface area contributed by atoms with Gasteiger partial charge >= 0.3 is 5.97 Å². The molecule has 1 radical (unpaired) electrons. The Bertz CT molecular complexity index is 95.6. The molecule has 0 aliphatic rings. The van der Waals surface area contributed by atoms with Gasteiger partial charge in [0.25, 0.3) is 0 Å². The largest absolute Gasteiger partial charge is 0.566 e. The van der Waals surface area contributed by atoms with Crippen LogP contribution in [0, 0.1) is 6.61 Å². The topological polar surface area (TPSA) is 77.8 Å². The molecule has 0 aliphatic heterocycles. The fraction of sp³-hybridized carbons (Fsp3) is 0.600. The van der Waals surface area contributed by atoms with E-state index >= 15 is 0 Å². The van der Waals surface area contributed by atoms with E-state index in [2.05, 4.69) is 0 Å². The van der Waals surface area contributed by atoms with Crippen LogP contribution < -0.4 is 0 Å². The van der Waals surface area contributed by atoms with Crippen molar-refractivity contribution in [2.45, 2.75) is 18.9 Å². The van der Waals surface area contributed by atoms with Gasteiger partial charge in [0.2, 0.25) is 0 Å². The number of aliphatic hydroxyl groups is 2. The van der Waals surface area contributed by atoms with Gasteiger partial charge in [-0.3, -0.25) is 4.79 Å². The van der Waals surface area contributed by atoms with Gasteiger partial charge in [-0.25, -0.2) is 6.61 Å². The molecule has 57 valence electrons. The second kappa shape index (κ2) is 7.60. The number of rotatable bonds is 4. The summed E-state index contributed by atoms with van der Waals surface area (Å²) in [5.41, 5.74) is 0. The Balaban J connectivity index is 0. The van der Waals surface area contributed by atoms with Crippen molar-refractivity contribution < 1.29 is 52.8 Å². The summed E-state index contributed by atoms with van der Waals surface area (Å²) < 4.78 is 0. The minimum atomic E-state index is -1.07. The smallest absolute Gasteiger partial charge is 0.305 e. The third-order valence-electron chi connectivity index (χ3n) is 0.788. The first-order valence-corrected chi connectivity index (χ1v) is 2.52. The van der Waals surface area contributed by atoms with E-state index in [-0.39, 0.29) is 45.6 Å². The third kappa shape index (κ3) is 8.49. The fourth-order valence-corrected chi connectivity index (χ4v) is 0.407. The van der Waals surface area contributed by atoms with Crippen molar-refractivity contribution in [3.05, 3.63) is 6.61 Å². The van der Waals surface area contributed by atoms with Gasteiger partial charge < -0.3 is 15.3 Å². The van der Waals surface area contributed by atoms with Gasteiger partial charge in [0, 0.05) is 38.8 Å². The van der Waals surface area contributed by atoms with Gasteiger partial charge in [-0.1, -0.05) is 0 Å². The van der Waals surface area contributed by atoms with E-state index in [0.29, 0.717) is 0 Å². The Morgan fingerprint density at radius 3 is 2.40 bits per heavy atom. The Morgan fingerprint density at radius 2 is 2.10 bits per heavy atom. The van der Waals surface area contributed by atoms with Crippen LogP contribution >= 0.6 is 0 Å². The number of hydrogen-bond acceptors (Lipinski definition) is 3. The van der Waals surface area contributed by atoms with Crippen molar-refractivity contribution in [3.8, 4) is 0 Å². The summed E-state index contributed by atoms with van der Waals surface area (Å²) in [7, 11) is 0. The molecule has 3 N–H and O–H groups in total. The molecule has 5 heteroatoms. The fourth-order valence-electron chi connectivity index (χ4n) is 0.407.